The van der Waals surface area contributed by atoms with Crippen LogP contribution in [0.15, 0.2) is 28.7 Å². The molecule has 0 saturated heterocycles. The number of hydrogen-bond donors (Lipinski definition) is 0. The number of rotatable bonds is 7. The van der Waals surface area contributed by atoms with E-state index in [1.165, 1.54) is 6.92 Å². The summed E-state index contributed by atoms with van der Waals surface area (Å²) in [6.07, 6.45) is -0.104. The van der Waals surface area contributed by atoms with Gasteiger partial charge in [-0.1, -0.05) is 34.1 Å². The van der Waals surface area contributed by atoms with Gasteiger partial charge in [-0.2, -0.15) is 0 Å². The summed E-state index contributed by atoms with van der Waals surface area (Å²) in [4.78, 5) is 34.0. The summed E-state index contributed by atoms with van der Waals surface area (Å²) in [5.74, 6) is -2.02. The molecule has 0 aliphatic carbocycles. The first-order valence-electron chi connectivity index (χ1n) is 6.42. The molecule has 1 rings (SSSR count). The number of hydrogen-bond acceptors (Lipinski definition) is 5. The molecule has 0 radical (unpaired) electrons. The van der Waals surface area contributed by atoms with Gasteiger partial charge >= 0.3 is 12.0 Å². The van der Waals surface area contributed by atoms with Crippen molar-refractivity contribution in [2.75, 3.05) is 6.61 Å². The Morgan fingerprint density at radius 2 is 2.00 bits per heavy atom. The molecule has 6 nitrogen and oxygen atoms in total. The number of ketones is 1. The van der Waals surface area contributed by atoms with E-state index in [1.54, 1.807) is 31.2 Å². The molecule has 0 N–H and O–H groups in total. The van der Waals surface area contributed by atoms with E-state index in [9.17, 15) is 19.7 Å². The van der Waals surface area contributed by atoms with Crippen LogP contribution in [0.4, 0.5) is 0 Å². The predicted molar refractivity (Wildman–Crippen MR) is 79.6 cm³/mol. The third-order valence-corrected chi connectivity index (χ3v) is 3.67. The van der Waals surface area contributed by atoms with E-state index in [0.717, 1.165) is 0 Å². The van der Waals surface area contributed by atoms with Crippen molar-refractivity contribution in [3.05, 3.63) is 44.4 Å². The minimum atomic E-state index is -1.60. The monoisotopic (exact) mass is 357 g/mol. The van der Waals surface area contributed by atoms with Crippen LogP contribution < -0.4 is 0 Å². The Balaban J connectivity index is 3.27. The second kappa shape index (κ2) is 7.87. The van der Waals surface area contributed by atoms with Crippen molar-refractivity contribution in [3.63, 3.8) is 0 Å². The number of benzene rings is 1. The van der Waals surface area contributed by atoms with Crippen molar-refractivity contribution in [2.45, 2.75) is 32.2 Å². The van der Waals surface area contributed by atoms with Gasteiger partial charge in [0, 0.05) is 15.8 Å². The molecule has 0 saturated carbocycles. The van der Waals surface area contributed by atoms with Gasteiger partial charge in [0.25, 0.3) is 0 Å². The van der Waals surface area contributed by atoms with E-state index in [0.29, 0.717) is 10.0 Å². The van der Waals surface area contributed by atoms with E-state index in [1.807, 2.05) is 0 Å². The van der Waals surface area contributed by atoms with Crippen molar-refractivity contribution in [3.8, 4) is 0 Å². The number of carbonyl (C=O) groups excluding carboxylic acids is 2. The SMILES string of the molecule is CCOC(=O)C([C@@H](CC(C)=O)c1ccccc1Br)[N+](=O)[O-]. The topological polar surface area (TPSA) is 86.5 Å². The molecule has 2 atom stereocenters. The molecule has 114 valence electrons. The van der Waals surface area contributed by atoms with Crippen molar-refractivity contribution in [1.82, 2.24) is 0 Å². The van der Waals surface area contributed by atoms with Crippen LogP contribution in [0.1, 0.15) is 31.7 Å². The van der Waals surface area contributed by atoms with Crippen LogP contribution in [0, 0.1) is 10.1 Å². The maximum absolute atomic E-state index is 11.9. The average molecular weight is 358 g/mol. The molecule has 0 heterocycles. The molecule has 0 bridgehead atoms. The second-order valence-electron chi connectivity index (χ2n) is 4.52. The lowest BCUT2D eigenvalue weighted by Crippen LogP contribution is -2.38. The minimum Gasteiger partial charge on any atom is -0.461 e. The van der Waals surface area contributed by atoms with Crippen molar-refractivity contribution < 1.29 is 19.2 Å². The van der Waals surface area contributed by atoms with Crippen LogP contribution in [0.3, 0.4) is 0 Å². The quantitative estimate of drug-likeness (QED) is 0.425. The van der Waals surface area contributed by atoms with Crippen LogP contribution in [0.5, 0.6) is 0 Å². The summed E-state index contributed by atoms with van der Waals surface area (Å²) >= 11 is 3.31. The fourth-order valence-electron chi connectivity index (χ4n) is 2.10. The maximum atomic E-state index is 11.9. The van der Waals surface area contributed by atoms with Gasteiger partial charge in [-0.25, -0.2) is 4.79 Å². The van der Waals surface area contributed by atoms with Crippen LogP contribution in [0.2, 0.25) is 0 Å². The molecule has 1 aromatic rings. The fourth-order valence-corrected chi connectivity index (χ4v) is 2.68. The number of halogens is 1. The summed E-state index contributed by atoms with van der Waals surface area (Å²) in [5, 5.41) is 11.3. The van der Waals surface area contributed by atoms with Gasteiger partial charge in [0.15, 0.2) is 0 Å². The zero-order valence-electron chi connectivity index (χ0n) is 11.7. The third kappa shape index (κ3) is 4.63. The van der Waals surface area contributed by atoms with Gasteiger partial charge in [-0.3, -0.25) is 10.1 Å². The highest BCUT2D eigenvalue weighted by Crippen LogP contribution is 2.32. The van der Waals surface area contributed by atoms with E-state index in [2.05, 4.69) is 15.9 Å². The second-order valence-corrected chi connectivity index (χ2v) is 5.37. The lowest BCUT2D eigenvalue weighted by atomic mass is 9.87. The highest BCUT2D eigenvalue weighted by molar-refractivity contribution is 9.10. The Hall–Kier alpha value is -1.76. The van der Waals surface area contributed by atoms with Gasteiger partial charge < -0.3 is 9.53 Å². The van der Waals surface area contributed by atoms with Gasteiger partial charge in [-0.15, -0.1) is 0 Å². The molecule has 0 aromatic heterocycles. The normalized spacial score (nSPS) is 13.3. The lowest BCUT2D eigenvalue weighted by Gasteiger charge is -2.20. The number of nitro groups is 1. The van der Waals surface area contributed by atoms with Gasteiger partial charge in [-0.05, 0) is 25.5 Å². The number of Topliss-reactive ketones (excluding diaryl/α,β-unsaturated/α-hetero) is 1. The van der Waals surface area contributed by atoms with Gasteiger partial charge in [0.05, 0.1) is 12.5 Å². The smallest absolute Gasteiger partial charge is 0.382 e. The molecule has 0 amide bonds. The molecule has 0 aliphatic rings. The summed E-state index contributed by atoms with van der Waals surface area (Å²) < 4.78 is 5.40. The zero-order valence-corrected chi connectivity index (χ0v) is 13.3. The largest absolute Gasteiger partial charge is 0.461 e. The van der Waals surface area contributed by atoms with Crippen LogP contribution in [-0.2, 0) is 14.3 Å². The number of nitrogens with zero attached hydrogens (tertiary/aromatic N) is 1. The number of ether oxygens (including phenoxy) is 1. The Morgan fingerprint density at radius 1 is 1.38 bits per heavy atom. The Kier molecular flexibility index (Phi) is 6.48. The Bertz CT molecular complexity index is 546. The number of esters is 1. The first-order valence-corrected chi connectivity index (χ1v) is 7.21. The molecule has 0 spiro atoms. The van der Waals surface area contributed by atoms with Gasteiger partial charge in [0.1, 0.15) is 5.78 Å². The van der Waals surface area contributed by atoms with Crippen molar-refractivity contribution >= 4 is 27.7 Å². The van der Waals surface area contributed by atoms with Crippen molar-refractivity contribution in [2.24, 2.45) is 0 Å². The Labute approximate surface area is 130 Å². The first kappa shape index (κ1) is 17.3. The summed E-state index contributed by atoms with van der Waals surface area (Å²) in [6, 6.07) is 5.23. The molecule has 1 unspecified atom stereocenters. The minimum absolute atomic E-state index is 0.0475. The fraction of sp³-hybridized carbons (Fsp3) is 0.429. The lowest BCUT2D eigenvalue weighted by molar-refractivity contribution is -0.514. The molecule has 1 aromatic carbocycles. The molecule has 21 heavy (non-hydrogen) atoms. The van der Waals surface area contributed by atoms with E-state index in [-0.39, 0.29) is 18.8 Å². The van der Waals surface area contributed by atoms with Gasteiger partial charge in [0.2, 0.25) is 0 Å². The molecular formula is C14H16BrNO5. The van der Waals surface area contributed by atoms with E-state index >= 15 is 0 Å². The maximum Gasteiger partial charge on any atom is 0.382 e. The van der Waals surface area contributed by atoms with E-state index in [4.69, 9.17) is 4.74 Å². The predicted octanol–water partition coefficient (Wildman–Crippen LogP) is 2.72. The molecule has 7 heteroatoms. The molecule has 0 fully saturated rings. The highest BCUT2D eigenvalue weighted by Gasteiger charge is 2.42. The highest BCUT2D eigenvalue weighted by atomic mass is 79.9. The van der Waals surface area contributed by atoms with Crippen molar-refractivity contribution in [1.29, 1.82) is 0 Å². The van der Waals surface area contributed by atoms with Crippen LogP contribution >= 0.6 is 15.9 Å². The molecular weight excluding hydrogens is 342 g/mol. The third-order valence-electron chi connectivity index (χ3n) is 2.95. The summed E-state index contributed by atoms with van der Waals surface area (Å²) in [6.45, 7) is 2.96. The van der Waals surface area contributed by atoms with E-state index < -0.39 is 22.9 Å². The average Bonchev–Trinajstić information content (AvgIpc) is 2.38. The summed E-state index contributed by atoms with van der Waals surface area (Å²) in [5.41, 5.74) is 0.544. The van der Waals surface area contributed by atoms with Crippen LogP contribution in [0.25, 0.3) is 0 Å². The number of carbonyl (C=O) groups is 2. The Morgan fingerprint density at radius 3 is 2.48 bits per heavy atom. The first-order chi connectivity index (χ1) is 9.88. The summed E-state index contributed by atoms with van der Waals surface area (Å²) in [7, 11) is 0. The molecule has 0 aliphatic heterocycles. The van der Waals surface area contributed by atoms with Crippen LogP contribution in [-0.4, -0.2) is 29.3 Å². The zero-order chi connectivity index (χ0) is 16.0. The standard InChI is InChI=1S/C14H16BrNO5/c1-3-21-14(18)13(16(19)20)11(8-9(2)17)10-6-4-5-7-12(10)15/h4-7,11,13H,3,8H2,1-2H3/t11-,13?/m0/s1.